The van der Waals surface area contributed by atoms with Gasteiger partial charge in [-0.25, -0.2) is 4.39 Å². The second-order valence-corrected chi connectivity index (χ2v) is 5.33. The van der Waals surface area contributed by atoms with Crippen molar-refractivity contribution >= 4 is 11.6 Å². The Bertz CT molecular complexity index is 555. The maximum atomic E-state index is 13.3. The van der Waals surface area contributed by atoms with E-state index in [2.05, 4.69) is 0 Å². The molecule has 2 rings (SSSR count). The van der Waals surface area contributed by atoms with Crippen LogP contribution in [-0.2, 0) is 6.42 Å². The summed E-state index contributed by atoms with van der Waals surface area (Å²) in [6.07, 6.45) is 0.713. The Kier molecular flexibility index (Phi) is 4.23. The zero-order valence-corrected chi connectivity index (χ0v) is 11.8. The summed E-state index contributed by atoms with van der Waals surface area (Å²) in [7, 11) is 0. The van der Waals surface area contributed by atoms with E-state index in [0.717, 1.165) is 22.3 Å². The first kappa shape index (κ1) is 14.0. The Hall–Kier alpha value is -1.38. The van der Waals surface area contributed by atoms with Crippen LogP contribution < -0.4 is 5.73 Å². The minimum absolute atomic E-state index is 0.137. The van der Waals surface area contributed by atoms with Crippen molar-refractivity contribution < 1.29 is 4.39 Å². The van der Waals surface area contributed by atoms with Gasteiger partial charge in [0.1, 0.15) is 5.82 Å². The number of halogens is 2. The Morgan fingerprint density at radius 2 is 1.63 bits per heavy atom. The van der Waals surface area contributed by atoms with Crippen LogP contribution in [0.15, 0.2) is 36.4 Å². The molecule has 1 nitrogen and oxygen atoms in total. The van der Waals surface area contributed by atoms with Crippen LogP contribution in [0.25, 0.3) is 0 Å². The fourth-order valence-electron chi connectivity index (χ4n) is 2.48. The molecule has 2 aromatic carbocycles. The Morgan fingerprint density at radius 3 is 2.16 bits per heavy atom. The summed E-state index contributed by atoms with van der Waals surface area (Å²) in [4.78, 5) is 0. The Balaban J connectivity index is 2.25. The first-order valence-corrected chi connectivity index (χ1v) is 6.62. The van der Waals surface area contributed by atoms with Gasteiger partial charge in [-0.2, -0.15) is 0 Å². The van der Waals surface area contributed by atoms with Gasteiger partial charge in [0.2, 0.25) is 0 Å². The minimum Gasteiger partial charge on any atom is -0.324 e. The van der Waals surface area contributed by atoms with Crippen molar-refractivity contribution in [2.75, 3.05) is 0 Å². The lowest BCUT2D eigenvalue weighted by Crippen LogP contribution is -2.16. The molecule has 0 heterocycles. The second-order valence-electron chi connectivity index (χ2n) is 4.89. The molecule has 0 aliphatic heterocycles. The molecule has 3 heteroatoms. The van der Waals surface area contributed by atoms with Gasteiger partial charge >= 0.3 is 0 Å². The highest BCUT2D eigenvalue weighted by Gasteiger charge is 2.13. The summed E-state index contributed by atoms with van der Waals surface area (Å²) in [5.41, 5.74) is 10.2. The van der Waals surface area contributed by atoms with Gasteiger partial charge in [0.15, 0.2) is 0 Å². The molecular weight excluding hydrogens is 261 g/mol. The average molecular weight is 278 g/mol. The molecule has 0 bridgehead atoms. The number of nitrogens with two attached hydrogens (primary N) is 1. The van der Waals surface area contributed by atoms with E-state index in [-0.39, 0.29) is 11.9 Å². The van der Waals surface area contributed by atoms with E-state index >= 15 is 0 Å². The van der Waals surface area contributed by atoms with Gasteiger partial charge in [0, 0.05) is 11.1 Å². The Morgan fingerprint density at radius 1 is 1.11 bits per heavy atom. The molecule has 0 radical (unpaired) electrons. The second kappa shape index (κ2) is 5.72. The number of aryl methyl sites for hydroxylation is 2. The zero-order valence-electron chi connectivity index (χ0n) is 11.1. The lowest BCUT2D eigenvalue weighted by atomic mass is 9.92. The summed E-state index contributed by atoms with van der Waals surface area (Å²) in [6, 6.07) is 10.6. The molecule has 1 atom stereocenters. The van der Waals surface area contributed by atoms with Crippen LogP contribution in [0.4, 0.5) is 4.39 Å². The number of benzene rings is 2. The smallest absolute Gasteiger partial charge is 0.123 e. The van der Waals surface area contributed by atoms with Crippen molar-refractivity contribution in [3.8, 4) is 0 Å². The molecule has 0 spiro atoms. The fraction of sp³-hybridized carbons (Fsp3) is 0.250. The maximum absolute atomic E-state index is 13.3. The third-order valence-electron chi connectivity index (χ3n) is 3.30. The SMILES string of the molecule is Cc1cc(F)cc(C)c1C(N)Cc1ccc(Cl)cc1. The van der Waals surface area contributed by atoms with E-state index in [1.807, 2.05) is 38.1 Å². The number of hydrogen-bond acceptors (Lipinski definition) is 1. The molecule has 1 unspecified atom stereocenters. The van der Waals surface area contributed by atoms with Gasteiger partial charge in [-0.1, -0.05) is 23.7 Å². The summed E-state index contributed by atoms with van der Waals surface area (Å²) in [5, 5.41) is 0.714. The van der Waals surface area contributed by atoms with Gasteiger partial charge < -0.3 is 5.73 Å². The lowest BCUT2D eigenvalue weighted by molar-refractivity contribution is 0.620. The monoisotopic (exact) mass is 277 g/mol. The molecule has 2 aromatic rings. The van der Waals surface area contributed by atoms with Crippen molar-refractivity contribution in [3.63, 3.8) is 0 Å². The van der Waals surface area contributed by atoms with Crippen molar-refractivity contribution in [1.29, 1.82) is 0 Å². The number of hydrogen-bond donors (Lipinski definition) is 1. The van der Waals surface area contributed by atoms with Gasteiger partial charge in [0.25, 0.3) is 0 Å². The van der Waals surface area contributed by atoms with E-state index in [4.69, 9.17) is 17.3 Å². The maximum Gasteiger partial charge on any atom is 0.123 e. The fourth-order valence-corrected chi connectivity index (χ4v) is 2.61. The summed E-state index contributed by atoms with van der Waals surface area (Å²) < 4.78 is 13.3. The van der Waals surface area contributed by atoms with Crippen molar-refractivity contribution in [1.82, 2.24) is 0 Å². The molecular formula is C16H17ClFN. The first-order valence-electron chi connectivity index (χ1n) is 6.24. The number of rotatable bonds is 3. The Labute approximate surface area is 118 Å². The molecule has 100 valence electrons. The standard InChI is InChI=1S/C16H17ClFN/c1-10-7-14(18)8-11(2)16(10)15(19)9-12-3-5-13(17)6-4-12/h3-8,15H,9,19H2,1-2H3. The normalized spacial score (nSPS) is 12.5. The largest absolute Gasteiger partial charge is 0.324 e. The zero-order chi connectivity index (χ0) is 14.0. The molecule has 0 amide bonds. The third kappa shape index (κ3) is 3.34. The summed E-state index contributed by atoms with van der Waals surface area (Å²) in [5.74, 6) is -0.211. The molecule has 0 aliphatic carbocycles. The highest BCUT2D eigenvalue weighted by Crippen LogP contribution is 2.25. The van der Waals surface area contributed by atoms with Gasteiger partial charge in [-0.05, 0) is 66.8 Å². The molecule has 0 saturated heterocycles. The van der Waals surface area contributed by atoms with E-state index in [9.17, 15) is 4.39 Å². The first-order chi connectivity index (χ1) is 8.97. The van der Waals surface area contributed by atoms with Crippen LogP contribution in [0, 0.1) is 19.7 Å². The molecule has 0 aromatic heterocycles. The van der Waals surface area contributed by atoms with Crippen LogP contribution in [0.5, 0.6) is 0 Å². The molecule has 0 saturated carbocycles. The van der Waals surface area contributed by atoms with Crippen LogP contribution in [0.2, 0.25) is 5.02 Å². The van der Waals surface area contributed by atoms with Crippen molar-refractivity contribution in [3.05, 3.63) is 69.5 Å². The van der Waals surface area contributed by atoms with Crippen LogP contribution in [0.3, 0.4) is 0 Å². The topological polar surface area (TPSA) is 26.0 Å². The van der Waals surface area contributed by atoms with Crippen LogP contribution in [0.1, 0.15) is 28.3 Å². The highest BCUT2D eigenvalue weighted by atomic mass is 35.5. The van der Waals surface area contributed by atoms with E-state index in [1.54, 1.807) is 0 Å². The minimum atomic E-state index is -0.211. The van der Waals surface area contributed by atoms with Gasteiger partial charge in [0.05, 0.1) is 0 Å². The molecule has 2 N–H and O–H groups in total. The van der Waals surface area contributed by atoms with Gasteiger partial charge in [-0.15, -0.1) is 0 Å². The van der Waals surface area contributed by atoms with E-state index < -0.39 is 0 Å². The van der Waals surface area contributed by atoms with Gasteiger partial charge in [-0.3, -0.25) is 0 Å². The molecule has 0 aliphatic rings. The summed E-state index contributed by atoms with van der Waals surface area (Å²) in [6.45, 7) is 3.79. The molecule has 19 heavy (non-hydrogen) atoms. The van der Waals surface area contributed by atoms with Crippen molar-refractivity contribution in [2.24, 2.45) is 5.73 Å². The summed E-state index contributed by atoms with van der Waals surface area (Å²) >= 11 is 5.86. The quantitative estimate of drug-likeness (QED) is 0.887. The van der Waals surface area contributed by atoms with Crippen LogP contribution >= 0.6 is 11.6 Å². The van der Waals surface area contributed by atoms with Crippen molar-refractivity contribution in [2.45, 2.75) is 26.3 Å². The predicted molar refractivity (Wildman–Crippen MR) is 78.0 cm³/mol. The van der Waals surface area contributed by atoms with E-state index in [0.29, 0.717) is 11.4 Å². The highest BCUT2D eigenvalue weighted by molar-refractivity contribution is 6.30. The third-order valence-corrected chi connectivity index (χ3v) is 3.55. The molecule has 0 fully saturated rings. The van der Waals surface area contributed by atoms with E-state index in [1.165, 1.54) is 12.1 Å². The lowest BCUT2D eigenvalue weighted by Gasteiger charge is -2.18. The predicted octanol–water partition coefficient (Wildman–Crippen LogP) is 4.34. The average Bonchev–Trinajstić information content (AvgIpc) is 2.30. The van der Waals surface area contributed by atoms with Crippen LogP contribution in [-0.4, -0.2) is 0 Å².